The summed E-state index contributed by atoms with van der Waals surface area (Å²) in [4.78, 5) is 4.38. The molecule has 0 amide bonds. The number of hydrogen-bond acceptors (Lipinski definition) is 3. The van der Waals surface area contributed by atoms with E-state index in [1.165, 1.54) is 0 Å². The molecule has 0 saturated heterocycles. The molecule has 98 valence electrons. The fourth-order valence-corrected chi connectivity index (χ4v) is 2.15. The molecule has 0 spiro atoms. The average molecular weight is 263 g/mol. The molecule has 0 atom stereocenters. The molecule has 3 nitrogen and oxygen atoms in total. The van der Waals surface area contributed by atoms with Gasteiger partial charge in [0.2, 0.25) is 0 Å². The molecule has 3 aromatic carbocycles. The summed E-state index contributed by atoms with van der Waals surface area (Å²) >= 11 is 0. The van der Waals surface area contributed by atoms with Crippen molar-refractivity contribution in [1.29, 1.82) is 0 Å². The van der Waals surface area contributed by atoms with E-state index in [9.17, 15) is 10.2 Å². The number of aliphatic imine (C=N–C) groups is 1. The van der Waals surface area contributed by atoms with E-state index >= 15 is 0 Å². The summed E-state index contributed by atoms with van der Waals surface area (Å²) in [5.74, 6) is 0.383. The summed E-state index contributed by atoms with van der Waals surface area (Å²) in [6.07, 6.45) is 1.59. The Labute approximate surface area is 116 Å². The molecule has 0 aliphatic heterocycles. The van der Waals surface area contributed by atoms with Crippen molar-refractivity contribution < 1.29 is 10.2 Å². The first-order valence-corrected chi connectivity index (χ1v) is 6.28. The Morgan fingerprint density at radius 3 is 2.25 bits per heavy atom. The second-order valence-corrected chi connectivity index (χ2v) is 4.47. The minimum atomic E-state index is 0.181. The summed E-state index contributed by atoms with van der Waals surface area (Å²) < 4.78 is 0. The molecule has 0 aromatic heterocycles. The zero-order valence-corrected chi connectivity index (χ0v) is 10.7. The molecule has 3 rings (SSSR count). The Bertz CT molecular complexity index is 789. The van der Waals surface area contributed by atoms with Gasteiger partial charge in [0, 0.05) is 17.2 Å². The van der Waals surface area contributed by atoms with Gasteiger partial charge in [-0.3, -0.25) is 4.99 Å². The maximum Gasteiger partial charge on any atom is 0.125 e. The number of hydrogen-bond donors (Lipinski definition) is 2. The number of fused-ring (bicyclic) bond motifs is 1. The fraction of sp³-hybridized carbons (Fsp3) is 0. The molecular formula is C17H13NO2. The van der Waals surface area contributed by atoms with Crippen LogP contribution in [0.25, 0.3) is 10.8 Å². The van der Waals surface area contributed by atoms with Crippen LogP contribution < -0.4 is 0 Å². The van der Waals surface area contributed by atoms with E-state index in [2.05, 4.69) is 4.99 Å². The Balaban J connectivity index is 2.10. The van der Waals surface area contributed by atoms with Gasteiger partial charge >= 0.3 is 0 Å². The van der Waals surface area contributed by atoms with Crippen LogP contribution in [0.15, 0.2) is 65.7 Å². The van der Waals surface area contributed by atoms with E-state index in [0.717, 1.165) is 5.39 Å². The predicted octanol–water partition coefficient (Wildman–Crippen LogP) is 4.00. The molecule has 3 heteroatoms. The zero-order chi connectivity index (χ0) is 13.9. The molecule has 2 N–H and O–H groups in total. The Morgan fingerprint density at radius 1 is 0.750 bits per heavy atom. The van der Waals surface area contributed by atoms with Gasteiger partial charge in [-0.2, -0.15) is 0 Å². The molecule has 0 aliphatic carbocycles. The van der Waals surface area contributed by atoms with Gasteiger partial charge in [-0.25, -0.2) is 0 Å². The second-order valence-electron chi connectivity index (χ2n) is 4.47. The van der Waals surface area contributed by atoms with Crippen LogP contribution in [0, 0.1) is 0 Å². The lowest BCUT2D eigenvalue weighted by Gasteiger charge is -2.04. The second kappa shape index (κ2) is 5.05. The van der Waals surface area contributed by atoms with Gasteiger partial charge in [0.15, 0.2) is 0 Å². The number of para-hydroxylation sites is 1. The standard InChI is InChI=1S/C17H13NO2/c19-15-9-2-1-5-13(15)11-18-14-8-3-6-12-7-4-10-16(20)17(12)14/h1-11,19-20H. The normalized spacial score (nSPS) is 11.2. The Morgan fingerprint density at radius 2 is 1.45 bits per heavy atom. The van der Waals surface area contributed by atoms with E-state index in [-0.39, 0.29) is 11.5 Å². The molecule has 0 unspecified atom stereocenters. The lowest BCUT2D eigenvalue weighted by atomic mass is 10.1. The third-order valence-electron chi connectivity index (χ3n) is 3.14. The third kappa shape index (κ3) is 2.21. The maximum absolute atomic E-state index is 9.98. The van der Waals surface area contributed by atoms with Gasteiger partial charge in [-0.15, -0.1) is 0 Å². The lowest BCUT2D eigenvalue weighted by Crippen LogP contribution is -1.81. The van der Waals surface area contributed by atoms with Crippen LogP contribution in [-0.2, 0) is 0 Å². The van der Waals surface area contributed by atoms with E-state index in [1.807, 2.05) is 30.3 Å². The van der Waals surface area contributed by atoms with Crippen molar-refractivity contribution in [3.05, 3.63) is 66.2 Å². The Hall–Kier alpha value is -2.81. The number of rotatable bonds is 2. The minimum Gasteiger partial charge on any atom is -0.507 e. The van der Waals surface area contributed by atoms with Gasteiger partial charge in [0.1, 0.15) is 11.5 Å². The monoisotopic (exact) mass is 263 g/mol. The van der Waals surface area contributed by atoms with Crippen molar-refractivity contribution >= 4 is 22.7 Å². The highest BCUT2D eigenvalue weighted by Crippen LogP contribution is 2.33. The van der Waals surface area contributed by atoms with Crippen molar-refractivity contribution in [2.75, 3.05) is 0 Å². The van der Waals surface area contributed by atoms with E-state index in [1.54, 1.807) is 36.5 Å². The maximum atomic E-state index is 9.98. The molecule has 0 fully saturated rings. The van der Waals surface area contributed by atoms with Crippen molar-refractivity contribution in [1.82, 2.24) is 0 Å². The number of phenols is 2. The summed E-state index contributed by atoms with van der Waals surface area (Å²) in [6.45, 7) is 0. The van der Waals surface area contributed by atoms with Crippen molar-refractivity contribution in [2.24, 2.45) is 4.99 Å². The van der Waals surface area contributed by atoms with Crippen LogP contribution in [0.5, 0.6) is 11.5 Å². The smallest absolute Gasteiger partial charge is 0.125 e. The van der Waals surface area contributed by atoms with Gasteiger partial charge in [-0.1, -0.05) is 36.4 Å². The van der Waals surface area contributed by atoms with E-state index in [4.69, 9.17) is 0 Å². The molecule has 0 heterocycles. The number of benzene rings is 3. The highest BCUT2D eigenvalue weighted by molar-refractivity contribution is 5.99. The summed E-state index contributed by atoms with van der Waals surface area (Å²) in [5.41, 5.74) is 1.31. The first-order chi connectivity index (χ1) is 9.75. The van der Waals surface area contributed by atoms with Crippen LogP contribution in [0.4, 0.5) is 5.69 Å². The van der Waals surface area contributed by atoms with Crippen LogP contribution in [0.1, 0.15) is 5.56 Å². The van der Waals surface area contributed by atoms with E-state index < -0.39 is 0 Å². The van der Waals surface area contributed by atoms with Crippen LogP contribution in [-0.4, -0.2) is 16.4 Å². The zero-order valence-electron chi connectivity index (χ0n) is 10.7. The number of nitrogens with zero attached hydrogens (tertiary/aromatic N) is 1. The summed E-state index contributed by atoms with van der Waals surface area (Å²) in [5, 5.41) is 21.3. The van der Waals surface area contributed by atoms with Crippen molar-refractivity contribution in [3.63, 3.8) is 0 Å². The van der Waals surface area contributed by atoms with Gasteiger partial charge < -0.3 is 10.2 Å². The SMILES string of the molecule is Oc1ccccc1C=Nc1cccc2cccc(O)c12. The molecule has 0 aliphatic rings. The van der Waals surface area contributed by atoms with Gasteiger partial charge in [0.05, 0.1) is 5.69 Å². The van der Waals surface area contributed by atoms with Crippen molar-refractivity contribution in [3.8, 4) is 11.5 Å². The van der Waals surface area contributed by atoms with Gasteiger partial charge in [-0.05, 0) is 29.7 Å². The molecule has 0 saturated carbocycles. The van der Waals surface area contributed by atoms with Crippen LogP contribution in [0.3, 0.4) is 0 Å². The quantitative estimate of drug-likeness (QED) is 0.686. The molecule has 0 radical (unpaired) electrons. The number of phenolic OH excluding ortho intramolecular Hbond substituents is 2. The fourth-order valence-electron chi connectivity index (χ4n) is 2.15. The molecular weight excluding hydrogens is 250 g/mol. The first-order valence-electron chi connectivity index (χ1n) is 6.28. The Kier molecular flexibility index (Phi) is 3.09. The predicted molar refractivity (Wildman–Crippen MR) is 81.0 cm³/mol. The third-order valence-corrected chi connectivity index (χ3v) is 3.14. The highest BCUT2D eigenvalue weighted by Gasteiger charge is 2.04. The summed E-state index contributed by atoms with van der Waals surface area (Å²) in [7, 11) is 0. The van der Waals surface area contributed by atoms with E-state index in [0.29, 0.717) is 16.6 Å². The lowest BCUT2D eigenvalue weighted by molar-refractivity contribution is 0.474. The number of aromatic hydroxyl groups is 2. The van der Waals surface area contributed by atoms with Gasteiger partial charge in [0.25, 0.3) is 0 Å². The highest BCUT2D eigenvalue weighted by atomic mass is 16.3. The molecule has 0 bridgehead atoms. The topological polar surface area (TPSA) is 52.8 Å². The molecule has 20 heavy (non-hydrogen) atoms. The largest absolute Gasteiger partial charge is 0.507 e. The average Bonchev–Trinajstić information content (AvgIpc) is 2.46. The summed E-state index contributed by atoms with van der Waals surface area (Å²) in [6, 6.07) is 18.0. The first kappa shape index (κ1) is 12.2. The molecule has 3 aromatic rings. The van der Waals surface area contributed by atoms with Crippen LogP contribution >= 0.6 is 0 Å². The minimum absolute atomic E-state index is 0.181. The van der Waals surface area contributed by atoms with Crippen molar-refractivity contribution in [2.45, 2.75) is 0 Å². The van der Waals surface area contributed by atoms with Crippen LogP contribution in [0.2, 0.25) is 0 Å².